The molecule has 1 aliphatic carbocycles. The van der Waals surface area contributed by atoms with Crippen LogP contribution in [0.3, 0.4) is 0 Å². The zero-order chi connectivity index (χ0) is 29.9. The predicted molar refractivity (Wildman–Crippen MR) is 151 cm³/mol. The number of anilines is 1. The molecule has 11 heteroatoms. The van der Waals surface area contributed by atoms with Crippen molar-refractivity contribution in [3.05, 3.63) is 47.7 Å². The second-order valence-electron chi connectivity index (χ2n) is 12.0. The first kappa shape index (κ1) is 30.4. The summed E-state index contributed by atoms with van der Waals surface area (Å²) in [7, 11) is 1.59. The maximum atomic E-state index is 12.9. The van der Waals surface area contributed by atoms with Crippen LogP contribution in [0, 0.1) is 11.8 Å². The zero-order valence-electron chi connectivity index (χ0n) is 24.0. The molecule has 5 rings (SSSR count). The predicted octanol–water partition coefficient (Wildman–Crippen LogP) is 5.20. The molecule has 2 aromatic rings. The first-order valence-electron chi connectivity index (χ1n) is 14.8. The number of benzene rings is 1. The molecule has 0 bridgehead atoms. The lowest BCUT2D eigenvalue weighted by atomic mass is 9.82. The van der Waals surface area contributed by atoms with Gasteiger partial charge in [-0.3, -0.25) is 9.69 Å². The fourth-order valence-corrected chi connectivity index (χ4v) is 6.42. The topological polar surface area (TPSA) is 95.4 Å². The number of aliphatic carboxylic acids is 1. The van der Waals surface area contributed by atoms with Crippen molar-refractivity contribution in [2.75, 3.05) is 51.3 Å². The molecule has 2 N–H and O–H groups in total. The van der Waals surface area contributed by atoms with E-state index >= 15 is 0 Å². The number of likely N-dealkylation sites (tertiary alicyclic amines) is 1. The molecule has 1 aromatic carbocycles. The highest BCUT2D eigenvalue weighted by atomic mass is 19.4. The Bertz CT molecular complexity index is 1220. The van der Waals surface area contributed by atoms with Gasteiger partial charge in [-0.05, 0) is 74.0 Å². The summed E-state index contributed by atoms with van der Waals surface area (Å²) >= 11 is 0. The molecule has 1 unspecified atom stereocenters. The van der Waals surface area contributed by atoms with Crippen LogP contribution in [-0.4, -0.2) is 78.7 Å². The second kappa shape index (κ2) is 12.7. The summed E-state index contributed by atoms with van der Waals surface area (Å²) in [6.45, 7) is 1.36. The van der Waals surface area contributed by atoms with Crippen molar-refractivity contribution in [3.63, 3.8) is 0 Å². The Morgan fingerprint density at radius 1 is 1.10 bits per heavy atom. The van der Waals surface area contributed by atoms with Crippen LogP contribution in [0.2, 0.25) is 0 Å². The number of aliphatic hydroxyl groups is 1. The van der Waals surface area contributed by atoms with Gasteiger partial charge in [-0.15, -0.1) is 0 Å². The van der Waals surface area contributed by atoms with E-state index in [1.165, 1.54) is 4.90 Å². The number of rotatable bonds is 11. The third-order valence-electron chi connectivity index (χ3n) is 8.99. The summed E-state index contributed by atoms with van der Waals surface area (Å²) in [6, 6.07) is 9.32. The minimum Gasteiger partial charge on any atom is -0.497 e. The van der Waals surface area contributed by atoms with Crippen molar-refractivity contribution < 1.29 is 37.7 Å². The molecule has 2 aliphatic heterocycles. The van der Waals surface area contributed by atoms with Crippen molar-refractivity contribution in [2.24, 2.45) is 11.8 Å². The normalized spacial score (nSPS) is 20.7. The van der Waals surface area contributed by atoms with Gasteiger partial charge in [-0.2, -0.15) is 13.2 Å². The molecule has 3 fully saturated rings. The number of ether oxygens (including phenoxy) is 2. The van der Waals surface area contributed by atoms with Crippen molar-refractivity contribution in [3.8, 4) is 11.6 Å². The van der Waals surface area contributed by atoms with E-state index in [-0.39, 0.29) is 38.3 Å². The van der Waals surface area contributed by atoms with Crippen LogP contribution in [0.25, 0.3) is 0 Å². The Morgan fingerprint density at radius 2 is 1.81 bits per heavy atom. The van der Waals surface area contributed by atoms with Gasteiger partial charge in [0.25, 0.3) is 0 Å². The largest absolute Gasteiger partial charge is 0.497 e. The average Bonchev–Trinajstić information content (AvgIpc) is 3.81. The molecule has 8 nitrogen and oxygen atoms in total. The lowest BCUT2D eigenvalue weighted by molar-refractivity contribution is -0.154. The third-order valence-corrected chi connectivity index (χ3v) is 8.99. The van der Waals surface area contributed by atoms with Gasteiger partial charge in [-0.25, -0.2) is 4.98 Å². The Balaban J connectivity index is 1.20. The van der Waals surface area contributed by atoms with E-state index in [1.54, 1.807) is 19.4 Å². The number of carboxylic acids is 1. The van der Waals surface area contributed by atoms with Crippen LogP contribution >= 0.6 is 0 Å². The van der Waals surface area contributed by atoms with Gasteiger partial charge in [0.2, 0.25) is 5.88 Å². The number of hydrogen-bond donors (Lipinski definition) is 2. The highest BCUT2D eigenvalue weighted by Gasteiger charge is 2.40. The molecule has 3 aliphatic rings. The Labute approximate surface area is 244 Å². The first-order valence-corrected chi connectivity index (χ1v) is 14.8. The van der Waals surface area contributed by atoms with E-state index in [2.05, 4.69) is 9.88 Å². The number of halogens is 3. The Morgan fingerprint density at radius 3 is 2.43 bits per heavy atom. The molecular formula is C31H40F3N3O5. The quantitative estimate of drug-likeness (QED) is 0.368. The molecule has 1 atom stereocenters. The molecular weight excluding hydrogens is 551 g/mol. The molecule has 2 saturated heterocycles. The molecule has 0 radical (unpaired) electrons. The van der Waals surface area contributed by atoms with Crippen LogP contribution in [0.4, 0.5) is 18.9 Å². The summed E-state index contributed by atoms with van der Waals surface area (Å²) in [6.07, 6.45) is 1.82. The molecule has 42 heavy (non-hydrogen) atoms. The van der Waals surface area contributed by atoms with E-state index in [1.807, 2.05) is 24.3 Å². The van der Waals surface area contributed by atoms with Gasteiger partial charge in [-0.1, -0.05) is 6.07 Å². The molecule has 3 heterocycles. The molecule has 0 amide bonds. The first-order chi connectivity index (χ1) is 20.0. The number of aromatic nitrogens is 1. The number of hydrogen-bond acceptors (Lipinski definition) is 7. The maximum absolute atomic E-state index is 12.9. The number of alkyl halides is 3. The molecule has 0 spiro atoms. The van der Waals surface area contributed by atoms with Gasteiger partial charge >= 0.3 is 12.1 Å². The number of methoxy groups -OCH3 is 1. The Kier molecular flexibility index (Phi) is 9.17. The number of piperidine rings is 2. The van der Waals surface area contributed by atoms with Crippen LogP contribution in [0.5, 0.6) is 11.6 Å². The van der Waals surface area contributed by atoms with Crippen LogP contribution < -0.4 is 14.4 Å². The minimum atomic E-state index is -4.26. The summed E-state index contributed by atoms with van der Waals surface area (Å²) < 4.78 is 50.2. The van der Waals surface area contributed by atoms with Crippen LogP contribution in [0.15, 0.2) is 36.5 Å². The van der Waals surface area contributed by atoms with Crippen molar-refractivity contribution in [1.82, 2.24) is 9.88 Å². The molecule has 1 saturated carbocycles. The van der Waals surface area contributed by atoms with Crippen molar-refractivity contribution >= 4 is 11.7 Å². The number of carboxylic acid groups (broad SMARTS) is 1. The smallest absolute Gasteiger partial charge is 0.401 e. The van der Waals surface area contributed by atoms with Crippen molar-refractivity contribution in [2.45, 2.75) is 62.6 Å². The van der Waals surface area contributed by atoms with Gasteiger partial charge < -0.3 is 24.6 Å². The SMILES string of the molecule is COc1ccc(C2(O)CCN(CC(F)(F)F)CC2)c(N2CCC(COc3cc(C(CC(=O)O)C4CC4)ccn3)CC2)c1. The second-order valence-corrected chi connectivity index (χ2v) is 12.0. The van der Waals surface area contributed by atoms with Crippen molar-refractivity contribution in [1.29, 1.82) is 0 Å². The van der Waals surface area contributed by atoms with E-state index in [4.69, 9.17) is 9.47 Å². The standard InChI is InChI=1S/C31H40F3N3O5/c1-41-24-4-5-26(30(40)9-14-36(15-10-30)20-31(32,33)34)27(17-24)37-12-7-21(8-13-37)19-42-28-16-23(6-11-35-28)25(18-29(38)39)22-2-3-22/h4-6,11,16-17,21-22,25,40H,2-3,7-10,12-15,18-20H2,1H3,(H,38,39). The lowest BCUT2D eigenvalue weighted by Crippen LogP contribution is -2.46. The van der Waals surface area contributed by atoms with E-state index in [0.717, 1.165) is 55.6 Å². The summed E-state index contributed by atoms with van der Waals surface area (Å²) in [5, 5.41) is 20.9. The number of carbonyl (C=O) groups is 1. The van der Waals surface area contributed by atoms with Crippen LogP contribution in [0.1, 0.15) is 62.0 Å². The van der Waals surface area contributed by atoms with Gasteiger partial charge in [0.15, 0.2) is 0 Å². The van der Waals surface area contributed by atoms with Gasteiger partial charge in [0, 0.05) is 55.8 Å². The van der Waals surface area contributed by atoms with E-state index < -0.39 is 24.3 Å². The summed E-state index contributed by atoms with van der Waals surface area (Å²) in [5.41, 5.74) is 1.35. The molecule has 230 valence electrons. The fourth-order valence-electron chi connectivity index (χ4n) is 6.42. The average molecular weight is 592 g/mol. The molecule has 1 aromatic heterocycles. The number of pyridine rings is 1. The maximum Gasteiger partial charge on any atom is 0.401 e. The fraction of sp³-hybridized carbons (Fsp3) is 0.613. The summed E-state index contributed by atoms with van der Waals surface area (Å²) in [4.78, 5) is 19.3. The van der Waals surface area contributed by atoms with Gasteiger partial charge in [0.05, 0.1) is 32.3 Å². The highest BCUT2D eigenvalue weighted by molar-refractivity contribution is 5.68. The number of nitrogens with zero attached hydrogens (tertiary/aromatic N) is 3. The lowest BCUT2D eigenvalue weighted by Gasteiger charge is -2.42. The van der Waals surface area contributed by atoms with Gasteiger partial charge in [0.1, 0.15) is 5.75 Å². The highest BCUT2D eigenvalue weighted by Crippen LogP contribution is 2.45. The zero-order valence-corrected chi connectivity index (χ0v) is 24.0. The third kappa shape index (κ3) is 7.66. The van der Waals surface area contributed by atoms with E-state index in [9.17, 15) is 28.2 Å². The van der Waals surface area contributed by atoms with E-state index in [0.29, 0.717) is 30.1 Å². The monoisotopic (exact) mass is 591 g/mol. The minimum absolute atomic E-state index is 0.0140. The Hall–Kier alpha value is -3.05. The summed E-state index contributed by atoms with van der Waals surface area (Å²) in [5.74, 6) is 1.08. The van der Waals surface area contributed by atoms with Crippen LogP contribution in [-0.2, 0) is 10.4 Å².